The molecule has 3 rings (SSSR count). The first-order valence-electron chi connectivity index (χ1n) is 10.0. The Kier molecular flexibility index (Phi) is 6.40. The number of hydrogen-bond acceptors (Lipinski definition) is 4. The minimum atomic E-state index is -3.87. The molecule has 0 saturated heterocycles. The van der Waals surface area contributed by atoms with Crippen molar-refractivity contribution in [2.45, 2.75) is 75.8 Å². The molecule has 0 aromatic heterocycles. The van der Waals surface area contributed by atoms with E-state index in [2.05, 4.69) is 15.4 Å². The maximum Gasteiger partial charge on any atom is 0.241 e. The molecule has 1 aromatic rings. The first-order chi connectivity index (χ1) is 13.3. The van der Waals surface area contributed by atoms with Crippen LogP contribution in [0.2, 0.25) is 0 Å². The van der Waals surface area contributed by atoms with Crippen LogP contribution in [0, 0.1) is 5.92 Å². The van der Waals surface area contributed by atoms with Crippen molar-refractivity contribution in [1.29, 1.82) is 0 Å². The molecule has 0 bridgehead atoms. The number of aryl methyl sites for hydroxylation is 1. The molecule has 1 aromatic carbocycles. The number of amides is 2. The fourth-order valence-electron chi connectivity index (χ4n) is 3.81. The molecule has 2 amide bonds. The fraction of sp³-hybridized carbons (Fsp3) is 0.600. The van der Waals surface area contributed by atoms with Gasteiger partial charge >= 0.3 is 0 Å². The van der Waals surface area contributed by atoms with Gasteiger partial charge in [0.2, 0.25) is 21.8 Å². The second-order valence-corrected chi connectivity index (χ2v) is 9.77. The zero-order valence-electron chi connectivity index (χ0n) is 16.5. The Labute approximate surface area is 166 Å². The highest BCUT2D eigenvalue weighted by molar-refractivity contribution is 7.89. The molecule has 8 heteroatoms. The third-order valence-corrected chi connectivity index (χ3v) is 6.88. The lowest BCUT2D eigenvalue weighted by Gasteiger charge is -2.24. The largest absolute Gasteiger partial charge is 0.352 e. The van der Waals surface area contributed by atoms with Crippen molar-refractivity contribution in [2.24, 2.45) is 5.92 Å². The predicted molar refractivity (Wildman–Crippen MR) is 107 cm³/mol. The predicted octanol–water partition coefficient (Wildman–Crippen LogP) is 2.32. The molecule has 1 fully saturated rings. The Morgan fingerprint density at radius 1 is 1.14 bits per heavy atom. The van der Waals surface area contributed by atoms with Crippen LogP contribution in [0.15, 0.2) is 23.1 Å². The monoisotopic (exact) mass is 407 g/mol. The number of fused-ring (bicyclic) bond motifs is 1. The molecule has 1 unspecified atom stereocenters. The maximum atomic E-state index is 12.9. The SMILES string of the molecule is CC(C)C(NS(=O)(=O)c1ccc2c(c1)CCCC(=O)N2)C(=O)NC1CCCC1. The summed E-state index contributed by atoms with van der Waals surface area (Å²) in [5.74, 6) is -0.514. The third kappa shape index (κ3) is 4.91. The average Bonchev–Trinajstić information content (AvgIpc) is 3.05. The van der Waals surface area contributed by atoms with E-state index in [0.29, 0.717) is 24.9 Å². The number of rotatable bonds is 6. The summed E-state index contributed by atoms with van der Waals surface area (Å²) in [7, 11) is -3.87. The van der Waals surface area contributed by atoms with E-state index in [4.69, 9.17) is 0 Å². The van der Waals surface area contributed by atoms with Crippen LogP contribution in [0.5, 0.6) is 0 Å². The molecule has 1 aliphatic carbocycles. The van der Waals surface area contributed by atoms with Gasteiger partial charge in [0, 0.05) is 18.2 Å². The lowest BCUT2D eigenvalue weighted by atomic mass is 10.0. The van der Waals surface area contributed by atoms with Gasteiger partial charge in [0.05, 0.1) is 4.90 Å². The highest BCUT2D eigenvalue weighted by Crippen LogP contribution is 2.25. The molecule has 0 spiro atoms. The third-order valence-electron chi connectivity index (χ3n) is 5.44. The number of carbonyl (C=O) groups is 2. The number of hydrogen-bond donors (Lipinski definition) is 3. The number of sulfonamides is 1. The fourth-order valence-corrected chi connectivity index (χ4v) is 5.20. The van der Waals surface area contributed by atoms with E-state index < -0.39 is 16.1 Å². The summed E-state index contributed by atoms with van der Waals surface area (Å²) in [5.41, 5.74) is 1.45. The van der Waals surface area contributed by atoms with Gasteiger partial charge < -0.3 is 10.6 Å². The zero-order valence-corrected chi connectivity index (χ0v) is 17.3. The van der Waals surface area contributed by atoms with Crippen LogP contribution in [0.1, 0.15) is 57.9 Å². The molecular formula is C20H29N3O4S. The average molecular weight is 408 g/mol. The summed E-state index contributed by atoms with van der Waals surface area (Å²) in [4.78, 5) is 24.5. The van der Waals surface area contributed by atoms with E-state index in [1.54, 1.807) is 12.1 Å². The highest BCUT2D eigenvalue weighted by atomic mass is 32.2. The van der Waals surface area contributed by atoms with E-state index in [1.165, 1.54) is 6.07 Å². The molecule has 154 valence electrons. The maximum absolute atomic E-state index is 12.9. The van der Waals surface area contributed by atoms with Crippen molar-refractivity contribution in [1.82, 2.24) is 10.0 Å². The van der Waals surface area contributed by atoms with Crippen molar-refractivity contribution in [2.75, 3.05) is 5.32 Å². The van der Waals surface area contributed by atoms with Crippen molar-refractivity contribution < 1.29 is 18.0 Å². The van der Waals surface area contributed by atoms with E-state index in [1.807, 2.05) is 13.8 Å². The molecule has 2 aliphatic rings. The Balaban J connectivity index is 1.77. The Hall–Kier alpha value is -1.93. The van der Waals surface area contributed by atoms with Crippen LogP contribution in [0.3, 0.4) is 0 Å². The minimum Gasteiger partial charge on any atom is -0.352 e. The van der Waals surface area contributed by atoms with E-state index in [0.717, 1.165) is 31.2 Å². The van der Waals surface area contributed by atoms with Crippen LogP contribution in [-0.2, 0) is 26.0 Å². The first kappa shape index (κ1) is 20.8. The molecule has 1 atom stereocenters. The van der Waals surface area contributed by atoms with Gasteiger partial charge in [-0.2, -0.15) is 4.72 Å². The molecule has 1 heterocycles. The molecule has 28 heavy (non-hydrogen) atoms. The quantitative estimate of drug-likeness (QED) is 0.673. The van der Waals surface area contributed by atoms with Gasteiger partial charge in [-0.25, -0.2) is 8.42 Å². The molecule has 3 N–H and O–H groups in total. The van der Waals surface area contributed by atoms with Gasteiger partial charge in [0.25, 0.3) is 0 Å². The Morgan fingerprint density at radius 2 is 1.86 bits per heavy atom. The van der Waals surface area contributed by atoms with Gasteiger partial charge in [0.15, 0.2) is 0 Å². The van der Waals surface area contributed by atoms with Crippen LogP contribution in [0.25, 0.3) is 0 Å². The number of nitrogens with one attached hydrogen (secondary N) is 3. The lowest BCUT2D eigenvalue weighted by Crippen LogP contribution is -2.51. The minimum absolute atomic E-state index is 0.0593. The van der Waals surface area contributed by atoms with Gasteiger partial charge in [-0.3, -0.25) is 9.59 Å². The molecule has 7 nitrogen and oxygen atoms in total. The van der Waals surface area contributed by atoms with Crippen molar-refractivity contribution >= 4 is 27.5 Å². The summed E-state index contributed by atoms with van der Waals surface area (Å²) in [6.07, 6.45) is 5.80. The molecule has 1 aliphatic heterocycles. The van der Waals surface area contributed by atoms with E-state index >= 15 is 0 Å². The second kappa shape index (κ2) is 8.61. The first-order valence-corrected chi connectivity index (χ1v) is 11.5. The number of benzene rings is 1. The van der Waals surface area contributed by atoms with Crippen molar-refractivity contribution in [3.8, 4) is 0 Å². The highest BCUT2D eigenvalue weighted by Gasteiger charge is 2.30. The smallest absolute Gasteiger partial charge is 0.241 e. The number of anilines is 1. The summed E-state index contributed by atoms with van der Waals surface area (Å²) >= 11 is 0. The normalized spacial score (nSPS) is 19.0. The molecule has 0 radical (unpaired) electrons. The van der Waals surface area contributed by atoms with Gasteiger partial charge in [-0.1, -0.05) is 26.7 Å². The zero-order chi connectivity index (χ0) is 20.3. The lowest BCUT2D eigenvalue weighted by molar-refractivity contribution is -0.124. The molecule has 1 saturated carbocycles. The summed E-state index contributed by atoms with van der Waals surface area (Å²) < 4.78 is 28.5. The van der Waals surface area contributed by atoms with Crippen LogP contribution in [-0.4, -0.2) is 32.3 Å². The van der Waals surface area contributed by atoms with Gasteiger partial charge in [-0.05, 0) is 55.4 Å². The Bertz CT molecular complexity index is 845. The second-order valence-electron chi connectivity index (χ2n) is 8.05. The summed E-state index contributed by atoms with van der Waals surface area (Å²) in [6.45, 7) is 3.65. The topological polar surface area (TPSA) is 104 Å². The van der Waals surface area contributed by atoms with Crippen LogP contribution >= 0.6 is 0 Å². The number of carbonyl (C=O) groups excluding carboxylic acids is 2. The molecular weight excluding hydrogens is 378 g/mol. The van der Waals surface area contributed by atoms with Crippen LogP contribution < -0.4 is 15.4 Å². The summed E-state index contributed by atoms with van der Waals surface area (Å²) in [5, 5.41) is 5.78. The van der Waals surface area contributed by atoms with E-state index in [-0.39, 0.29) is 28.7 Å². The van der Waals surface area contributed by atoms with E-state index in [9.17, 15) is 18.0 Å². The van der Waals surface area contributed by atoms with Crippen LogP contribution in [0.4, 0.5) is 5.69 Å². The van der Waals surface area contributed by atoms with Crippen molar-refractivity contribution in [3.05, 3.63) is 23.8 Å². The van der Waals surface area contributed by atoms with Crippen molar-refractivity contribution in [3.63, 3.8) is 0 Å². The van der Waals surface area contributed by atoms with Gasteiger partial charge in [0.1, 0.15) is 6.04 Å². The summed E-state index contributed by atoms with van der Waals surface area (Å²) in [6, 6.07) is 3.99. The standard InChI is InChI=1S/C20H29N3O4S/c1-13(2)19(20(25)21-15-7-3-4-8-15)23-28(26,27)16-10-11-17-14(12-16)6-5-9-18(24)22-17/h10-13,15,19,23H,3-9H2,1-2H3,(H,21,25)(H,22,24). The Morgan fingerprint density at radius 3 is 2.54 bits per heavy atom. The van der Waals surface area contributed by atoms with Gasteiger partial charge in [-0.15, -0.1) is 0 Å².